The SMILES string of the molecule is C[C@H](NC(=O)COC(=O)C1CCCC1)c1cccc(Cl)c1. The summed E-state index contributed by atoms with van der Waals surface area (Å²) < 4.78 is 5.07. The van der Waals surface area contributed by atoms with Gasteiger partial charge in [-0.1, -0.05) is 36.6 Å². The van der Waals surface area contributed by atoms with Crippen LogP contribution in [0.25, 0.3) is 0 Å². The van der Waals surface area contributed by atoms with Gasteiger partial charge in [0.25, 0.3) is 5.91 Å². The maximum Gasteiger partial charge on any atom is 0.309 e. The van der Waals surface area contributed by atoms with Gasteiger partial charge in [0.15, 0.2) is 6.61 Å². The molecule has 4 nitrogen and oxygen atoms in total. The predicted molar refractivity (Wildman–Crippen MR) is 80.9 cm³/mol. The van der Waals surface area contributed by atoms with Gasteiger partial charge in [0, 0.05) is 5.02 Å². The number of esters is 1. The number of nitrogens with one attached hydrogen (secondary N) is 1. The van der Waals surface area contributed by atoms with Crippen LogP contribution >= 0.6 is 11.6 Å². The lowest BCUT2D eigenvalue weighted by atomic mass is 10.1. The quantitative estimate of drug-likeness (QED) is 0.849. The molecule has 1 aliphatic carbocycles. The van der Waals surface area contributed by atoms with E-state index in [1.165, 1.54) is 0 Å². The van der Waals surface area contributed by atoms with Gasteiger partial charge in [0.1, 0.15) is 0 Å². The highest BCUT2D eigenvalue weighted by atomic mass is 35.5. The average Bonchev–Trinajstić information content (AvgIpc) is 2.99. The molecule has 21 heavy (non-hydrogen) atoms. The topological polar surface area (TPSA) is 55.4 Å². The standard InChI is InChI=1S/C16H20ClNO3/c1-11(13-7-4-8-14(17)9-13)18-15(19)10-21-16(20)12-5-2-3-6-12/h4,7-9,11-12H,2-3,5-6,10H2,1H3,(H,18,19)/t11-/m0/s1. The summed E-state index contributed by atoms with van der Waals surface area (Å²) in [4.78, 5) is 23.5. The van der Waals surface area contributed by atoms with Gasteiger partial charge in [0.2, 0.25) is 0 Å². The molecule has 1 aliphatic rings. The molecule has 0 bridgehead atoms. The lowest BCUT2D eigenvalue weighted by Crippen LogP contribution is -2.32. The van der Waals surface area contributed by atoms with Crippen LogP contribution < -0.4 is 5.32 Å². The Morgan fingerprint density at radius 2 is 2.10 bits per heavy atom. The molecule has 0 heterocycles. The van der Waals surface area contributed by atoms with Crippen molar-refractivity contribution in [1.29, 1.82) is 0 Å². The molecule has 1 saturated carbocycles. The van der Waals surface area contributed by atoms with Crippen LogP contribution in [0.1, 0.15) is 44.2 Å². The van der Waals surface area contributed by atoms with E-state index in [1.54, 1.807) is 12.1 Å². The van der Waals surface area contributed by atoms with Crippen molar-refractivity contribution in [3.63, 3.8) is 0 Å². The molecule has 1 atom stereocenters. The van der Waals surface area contributed by atoms with Crippen molar-refractivity contribution in [2.75, 3.05) is 6.61 Å². The van der Waals surface area contributed by atoms with Crippen LogP contribution in [-0.4, -0.2) is 18.5 Å². The zero-order valence-electron chi connectivity index (χ0n) is 12.1. The van der Waals surface area contributed by atoms with Gasteiger partial charge < -0.3 is 10.1 Å². The summed E-state index contributed by atoms with van der Waals surface area (Å²) in [6.07, 6.45) is 3.88. The highest BCUT2D eigenvalue weighted by Gasteiger charge is 2.24. The molecule has 1 amide bonds. The van der Waals surface area contributed by atoms with Gasteiger partial charge in [-0.25, -0.2) is 0 Å². The predicted octanol–water partition coefficient (Wildman–Crippen LogP) is 3.25. The Morgan fingerprint density at radius 1 is 1.38 bits per heavy atom. The molecule has 0 spiro atoms. The van der Waals surface area contributed by atoms with Crippen molar-refractivity contribution >= 4 is 23.5 Å². The molecule has 1 aromatic rings. The van der Waals surface area contributed by atoms with Crippen LogP contribution in [-0.2, 0) is 14.3 Å². The first kappa shape index (κ1) is 15.8. The summed E-state index contributed by atoms with van der Waals surface area (Å²) in [6, 6.07) is 7.13. The van der Waals surface area contributed by atoms with Gasteiger partial charge >= 0.3 is 5.97 Å². The Kier molecular flexibility index (Phi) is 5.62. The van der Waals surface area contributed by atoms with Crippen molar-refractivity contribution in [3.05, 3.63) is 34.9 Å². The van der Waals surface area contributed by atoms with Gasteiger partial charge in [0.05, 0.1) is 12.0 Å². The molecular formula is C16H20ClNO3. The number of carbonyl (C=O) groups is 2. The van der Waals surface area contributed by atoms with Gasteiger partial charge in [-0.15, -0.1) is 0 Å². The molecule has 114 valence electrons. The minimum absolute atomic E-state index is 0.0249. The minimum atomic E-state index is -0.297. The van der Waals surface area contributed by atoms with Crippen molar-refractivity contribution < 1.29 is 14.3 Å². The van der Waals surface area contributed by atoms with E-state index in [0.717, 1.165) is 31.2 Å². The second kappa shape index (κ2) is 7.46. The zero-order valence-corrected chi connectivity index (χ0v) is 12.9. The molecule has 0 aromatic heterocycles. The molecule has 0 aliphatic heterocycles. The van der Waals surface area contributed by atoms with E-state index in [1.807, 2.05) is 19.1 Å². The normalized spacial score (nSPS) is 16.5. The summed E-state index contributed by atoms with van der Waals surface area (Å²) in [5.41, 5.74) is 0.915. The van der Waals surface area contributed by atoms with Crippen LogP contribution in [0.2, 0.25) is 5.02 Å². The number of amides is 1. The lowest BCUT2D eigenvalue weighted by Gasteiger charge is -2.15. The van der Waals surface area contributed by atoms with Gasteiger partial charge in [-0.05, 0) is 37.5 Å². The number of hydrogen-bond acceptors (Lipinski definition) is 3. The van der Waals surface area contributed by atoms with Crippen LogP contribution in [0.15, 0.2) is 24.3 Å². The van der Waals surface area contributed by atoms with Gasteiger partial charge in [-0.2, -0.15) is 0 Å². The second-order valence-electron chi connectivity index (χ2n) is 5.43. The van der Waals surface area contributed by atoms with Crippen molar-refractivity contribution in [2.45, 2.75) is 38.6 Å². The molecule has 0 radical (unpaired) electrons. The number of benzene rings is 1. The van der Waals surface area contributed by atoms with E-state index in [4.69, 9.17) is 16.3 Å². The van der Waals surface area contributed by atoms with Crippen LogP contribution in [0.5, 0.6) is 0 Å². The van der Waals surface area contributed by atoms with E-state index < -0.39 is 0 Å². The molecule has 1 N–H and O–H groups in total. The fourth-order valence-electron chi connectivity index (χ4n) is 2.56. The Labute approximate surface area is 129 Å². The van der Waals surface area contributed by atoms with Gasteiger partial charge in [-0.3, -0.25) is 9.59 Å². The third-order valence-corrected chi connectivity index (χ3v) is 4.00. The monoisotopic (exact) mass is 309 g/mol. The van der Waals surface area contributed by atoms with E-state index in [-0.39, 0.29) is 30.4 Å². The smallest absolute Gasteiger partial charge is 0.309 e. The Bertz CT molecular complexity index is 512. The molecule has 2 rings (SSSR count). The second-order valence-corrected chi connectivity index (χ2v) is 5.87. The third kappa shape index (κ3) is 4.74. The first-order valence-corrected chi connectivity index (χ1v) is 7.65. The highest BCUT2D eigenvalue weighted by molar-refractivity contribution is 6.30. The fraction of sp³-hybridized carbons (Fsp3) is 0.500. The maximum atomic E-state index is 11.8. The third-order valence-electron chi connectivity index (χ3n) is 3.76. The van der Waals surface area contributed by atoms with E-state index >= 15 is 0 Å². The van der Waals surface area contributed by atoms with E-state index in [2.05, 4.69) is 5.32 Å². The molecule has 1 aromatic carbocycles. The highest BCUT2D eigenvalue weighted by Crippen LogP contribution is 2.25. The average molecular weight is 310 g/mol. The van der Waals surface area contributed by atoms with E-state index in [9.17, 15) is 9.59 Å². The molecule has 0 unspecified atom stereocenters. The summed E-state index contributed by atoms with van der Waals surface area (Å²) in [6.45, 7) is 1.64. The Hall–Kier alpha value is -1.55. The van der Waals surface area contributed by atoms with Crippen molar-refractivity contribution in [1.82, 2.24) is 5.32 Å². The minimum Gasteiger partial charge on any atom is -0.455 e. The molecule has 0 saturated heterocycles. The maximum absolute atomic E-state index is 11.8. The zero-order chi connectivity index (χ0) is 15.2. The molecular weight excluding hydrogens is 290 g/mol. The summed E-state index contributed by atoms with van der Waals surface area (Å²) in [5, 5.41) is 3.42. The molecule has 5 heteroatoms. The first-order chi connectivity index (χ1) is 10.1. The number of carbonyl (C=O) groups excluding carboxylic acids is 2. The Morgan fingerprint density at radius 3 is 2.76 bits per heavy atom. The summed E-state index contributed by atoms with van der Waals surface area (Å²) >= 11 is 5.92. The van der Waals surface area contributed by atoms with Crippen molar-refractivity contribution in [2.24, 2.45) is 5.92 Å². The summed E-state index contributed by atoms with van der Waals surface area (Å²) in [7, 11) is 0. The van der Waals surface area contributed by atoms with Crippen LogP contribution in [0, 0.1) is 5.92 Å². The summed E-state index contributed by atoms with van der Waals surface area (Å²) in [5.74, 6) is -0.574. The van der Waals surface area contributed by atoms with Crippen LogP contribution in [0.4, 0.5) is 0 Å². The van der Waals surface area contributed by atoms with Crippen LogP contribution in [0.3, 0.4) is 0 Å². The van der Waals surface area contributed by atoms with E-state index in [0.29, 0.717) is 5.02 Å². The Balaban J connectivity index is 1.77. The first-order valence-electron chi connectivity index (χ1n) is 7.27. The fourth-order valence-corrected chi connectivity index (χ4v) is 2.76. The molecule has 1 fully saturated rings. The lowest BCUT2D eigenvalue weighted by molar-refractivity contribution is -0.152. The number of halogens is 1. The largest absolute Gasteiger partial charge is 0.455 e. The number of rotatable bonds is 5. The van der Waals surface area contributed by atoms with Crippen molar-refractivity contribution in [3.8, 4) is 0 Å². The number of hydrogen-bond donors (Lipinski definition) is 1. The number of ether oxygens (including phenoxy) is 1.